The maximum atomic E-state index is 12.3. The lowest BCUT2D eigenvalue weighted by molar-refractivity contribution is 0.0314. The number of carbonyl (C=O) groups excluding carboxylic acids is 2. The zero-order valence-electron chi connectivity index (χ0n) is 12.0. The molecule has 0 atom stereocenters. The van der Waals surface area contributed by atoms with Crippen LogP contribution in [0.3, 0.4) is 0 Å². The van der Waals surface area contributed by atoms with Crippen molar-refractivity contribution >= 4 is 17.6 Å². The highest BCUT2D eigenvalue weighted by molar-refractivity contribution is 5.95. The van der Waals surface area contributed by atoms with Gasteiger partial charge in [-0.05, 0) is 45.0 Å². The van der Waals surface area contributed by atoms with E-state index >= 15 is 0 Å². The lowest BCUT2D eigenvalue weighted by atomic mass is 10.1. The SMILES string of the molecule is CCN(CC(C)(C)O)C(=O)c1ccc(NC(N)=O)cc1. The third-order valence-electron chi connectivity index (χ3n) is 2.65. The molecular formula is C14H21N3O3. The highest BCUT2D eigenvalue weighted by Gasteiger charge is 2.22. The fourth-order valence-corrected chi connectivity index (χ4v) is 1.82. The summed E-state index contributed by atoms with van der Waals surface area (Å²) in [5.74, 6) is -0.166. The number of urea groups is 1. The molecule has 0 saturated heterocycles. The van der Waals surface area contributed by atoms with Crippen LogP contribution in [-0.2, 0) is 0 Å². The summed E-state index contributed by atoms with van der Waals surface area (Å²) < 4.78 is 0. The lowest BCUT2D eigenvalue weighted by Gasteiger charge is -2.28. The van der Waals surface area contributed by atoms with Gasteiger partial charge in [-0.25, -0.2) is 4.79 Å². The predicted octanol–water partition coefficient (Wildman–Crippen LogP) is 1.41. The van der Waals surface area contributed by atoms with Crippen molar-refractivity contribution < 1.29 is 14.7 Å². The quantitative estimate of drug-likeness (QED) is 0.760. The van der Waals surface area contributed by atoms with Crippen LogP contribution in [0.4, 0.5) is 10.5 Å². The van der Waals surface area contributed by atoms with Gasteiger partial charge in [-0.3, -0.25) is 4.79 Å². The average Bonchev–Trinajstić information content (AvgIpc) is 2.34. The first kappa shape index (κ1) is 16.0. The number of nitrogens with one attached hydrogen (secondary N) is 1. The van der Waals surface area contributed by atoms with Gasteiger partial charge in [-0.2, -0.15) is 0 Å². The van der Waals surface area contributed by atoms with E-state index < -0.39 is 11.6 Å². The molecule has 0 aromatic heterocycles. The van der Waals surface area contributed by atoms with Crippen LogP contribution in [0.15, 0.2) is 24.3 Å². The largest absolute Gasteiger partial charge is 0.389 e. The maximum absolute atomic E-state index is 12.3. The number of hydrogen-bond donors (Lipinski definition) is 3. The Morgan fingerprint density at radius 1 is 1.30 bits per heavy atom. The van der Waals surface area contributed by atoms with Crippen LogP contribution in [-0.4, -0.2) is 40.6 Å². The zero-order valence-corrected chi connectivity index (χ0v) is 12.0. The number of hydrogen-bond acceptors (Lipinski definition) is 3. The van der Waals surface area contributed by atoms with E-state index in [0.717, 1.165) is 0 Å². The molecule has 1 aromatic rings. The highest BCUT2D eigenvalue weighted by atomic mass is 16.3. The second kappa shape index (κ2) is 6.38. The zero-order chi connectivity index (χ0) is 15.3. The Labute approximate surface area is 118 Å². The molecule has 0 spiro atoms. The Hall–Kier alpha value is -2.08. The molecule has 0 unspecified atom stereocenters. The average molecular weight is 279 g/mol. The Morgan fingerprint density at radius 2 is 1.85 bits per heavy atom. The van der Waals surface area contributed by atoms with Crippen LogP contribution in [0.25, 0.3) is 0 Å². The number of nitrogens with two attached hydrogens (primary N) is 1. The minimum atomic E-state index is -0.945. The van der Waals surface area contributed by atoms with E-state index in [4.69, 9.17) is 5.73 Å². The number of anilines is 1. The van der Waals surface area contributed by atoms with Crippen LogP contribution < -0.4 is 11.1 Å². The summed E-state index contributed by atoms with van der Waals surface area (Å²) >= 11 is 0. The van der Waals surface area contributed by atoms with Crippen molar-refractivity contribution in [2.75, 3.05) is 18.4 Å². The number of likely N-dealkylation sites (N-methyl/N-ethyl adjacent to an activating group) is 1. The molecule has 6 heteroatoms. The molecule has 3 amide bonds. The van der Waals surface area contributed by atoms with E-state index in [1.807, 2.05) is 6.92 Å². The number of carbonyl (C=O) groups is 2. The monoisotopic (exact) mass is 279 g/mol. The van der Waals surface area contributed by atoms with E-state index in [1.54, 1.807) is 43.0 Å². The Morgan fingerprint density at radius 3 is 2.25 bits per heavy atom. The topological polar surface area (TPSA) is 95.7 Å². The fourth-order valence-electron chi connectivity index (χ4n) is 1.82. The summed E-state index contributed by atoms with van der Waals surface area (Å²) in [6.07, 6.45) is 0. The van der Waals surface area contributed by atoms with Crippen molar-refractivity contribution in [3.63, 3.8) is 0 Å². The van der Waals surface area contributed by atoms with Gasteiger partial charge in [0.05, 0.1) is 5.60 Å². The number of primary amides is 1. The molecule has 0 aliphatic rings. The van der Waals surface area contributed by atoms with Crippen LogP contribution in [0.1, 0.15) is 31.1 Å². The molecule has 1 aromatic carbocycles. The smallest absolute Gasteiger partial charge is 0.316 e. The second-order valence-corrected chi connectivity index (χ2v) is 5.20. The van der Waals surface area contributed by atoms with Gasteiger partial charge in [0.2, 0.25) is 0 Å². The van der Waals surface area contributed by atoms with Gasteiger partial charge >= 0.3 is 6.03 Å². The summed E-state index contributed by atoms with van der Waals surface area (Å²) in [7, 11) is 0. The normalized spacial score (nSPS) is 11.0. The first-order valence-electron chi connectivity index (χ1n) is 6.41. The summed E-state index contributed by atoms with van der Waals surface area (Å²) in [4.78, 5) is 24.6. The van der Waals surface area contributed by atoms with E-state index in [0.29, 0.717) is 17.8 Å². The predicted molar refractivity (Wildman–Crippen MR) is 77.5 cm³/mol. The van der Waals surface area contributed by atoms with Crippen molar-refractivity contribution in [3.8, 4) is 0 Å². The maximum Gasteiger partial charge on any atom is 0.316 e. The van der Waals surface area contributed by atoms with Crippen molar-refractivity contribution in [1.82, 2.24) is 4.90 Å². The number of benzene rings is 1. The highest BCUT2D eigenvalue weighted by Crippen LogP contribution is 2.13. The molecule has 0 aliphatic heterocycles. The molecule has 0 radical (unpaired) electrons. The standard InChI is InChI=1S/C14H21N3O3/c1-4-17(9-14(2,3)20)12(18)10-5-7-11(8-6-10)16-13(15)19/h5-8,20H,4,9H2,1-3H3,(H3,15,16,19). The van der Waals surface area contributed by atoms with Gasteiger partial charge in [0.15, 0.2) is 0 Å². The van der Waals surface area contributed by atoms with Crippen molar-refractivity contribution in [3.05, 3.63) is 29.8 Å². The molecule has 0 aliphatic carbocycles. The number of aliphatic hydroxyl groups is 1. The van der Waals surface area contributed by atoms with E-state index in [2.05, 4.69) is 5.32 Å². The van der Waals surface area contributed by atoms with Crippen molar-refractivity contribution in [2.24, 2.45) is 5.73 Å². The van der Waals surface area contributed by atoms with Gasteiger partial charge in [-0.1, -0.05) is 0 Å². The molecule has 4 N–H and O–H groups in total. The number of rotatable bonds is 5. The molecular weight excluding hydrogens is 258 g/mol. The van der Waals surface area contributed by atoms with Crippen molar-refractivity contribution in [2.45, 2.75) is 26.4 Å². The molecule has 0 saturated carbocycles. The van der Waals surface area contributed by atoms with Gasteiger partial charge < -0.3 is 21.1 Å². The Bertz CT molecular complexity index is 477. The molecule has 0 heterocycles. The van der Waals surface area contributed by atoms with Crippen LogP contribution >= 0.6 is 0 Å². The summed E-state index contributed by atoms with van der Waals surface area (Å²) in [6.45, 7) is 5.92. The lowest BCUT2D eigenvalue weighted by Crippen LogP contribution is -2.42. The molecule has 1 rings (SSSR count). The van der Waals surface area contributed by atoms with Gasteiger partial charge in [0, 0.05) is 24.3 Å². The third-order valence-corrected chi connectivity index (χ3v) is 2.65. The second-order valence-electron chi connectivity index (χ2n) is 5.20. The minimum Gasteiger partial charge on any atom is -0.389 e. The summed E-state index contributed by atoms with van der Waals surface area (Å²) in [5, 5.41) is 12.2. The molecule has 6 nitrogen and oxygen atoms in total. The van der Waals surface area contributed by atoms with Crippen LogP contribution in [0.5, 0.6) is 0 Å². The first-order valence-corrected chi connectivity index (χ1v) is 6.41. The molecule has 0 fully saturated rings. The molecule has 110 valence electrons. The van der Waals surface area contributed by atoms with Gasteiger partial charge in [-0.15, -0.1) is 0 Å². The summed E-state index contributed by atoms with van der Waals surface area (Å²) in [5.41, 5.74) is 5.08. The first-order chi connectivity index (χ1) is 9.23. The van der Waals surface area contributed by atoms with E-state index in [9.17, 15) is 14.7 Å². The Kier molecular flexibility index (Phi) is 5.10. The van der Waals surface area contributed by atoms with E-state index in [-0.39, 0.29) is 12.5 Å². The van der Waals surface area contributed by atoms with Crippen molar-refractivity contribution in [1.29, 1.82) is 0 Å². The fraction of sp³-hybridized carbons (Fsp3) is 0.429. The minimum absolute atomic E-state index is 0.166. The molecule has 0 bridgehead atoms. The van der Waals surface area contributed by atoms with Crippen LogP contribution in [0, 0.1) is 0 Å². The Balaban J connectivity index is 2.82. The van der Waals surface area contributed by atoms with Gasteiger partial charge in [0.1, 0.15) is 0 Å². The van der Waals surface area contributed by atoms with E-state index in [1.165, 1.54) is 0 Å². The number of amides is 3. The van der Waals surface area contributed by atoms with Crippen LogP contribution in [0.2, 0.25) is 0 Å². The summed E-state index contributed by atoms with van der Waals surface area (Å²) in [6, 6.07) is 5.79. The van der Waals surface area contributed by atoms with Gasteiger partial charge in [0.25, 0.3) is 5.91 Å². The third kappa shape index (κ3) is 4.89. The number of nitrogens with zero attached hydrogens (tertiary/aromatic N) is 1. The molecule has 20 heavy (non-hydrogen) atoms.